The molecule has 3 N–H and O–H groups in total. The second kappa shape index (κ2) is 8.54. The van der Waals surface area contributed by atoms with Gasteiger partial charge >= 0.3 is 0 Å². The van der Waals surface area contributed by atoms with E-state index in [0.29, 0.717) is 11.3 Å². The number of benzene rings is 2. The van der Waals surface area contributed by atoms with Crippen molar-refractivity contribution in [3.05, 3.63) is 59.7 Å². The van der Waals surface area contributed by atoms with Gasteiger partial charge in [0.05, 0.1) is 18.0 Å². The molecule has 6 nitrogen and oxygen atoms in total. The molecule has 27 heavy (non-hydrogen) atoms. The molecule has 3 atom stereocenters. The van der Waals surface area contributed by atoms with E-state index in [2.05, 4.69) is 5.32 Å². The number of carbonyl (C=O) groups excluding carboxylic acids is 1. The molecule has 2 aromatic carbocycles. The quantitative estimate of drug-likeness (QED) is 0.756. The third kappa shape index (κ3) is 5.30. The van der Waals surface area contributed by atoms with E-state index in [1.807, 2.05) is 12.1 Å². The number of ether oxygens (including phenoxy) is 1. The SMILES string of the molecule is COc1ccc(C(NC(=O)C(C)C(C)N)c2cccc(S(C)(=O)=O)c2)cc1. The van der Waals surface area contributed by atoms with Crippen molar-refractivity contribution < 1.29 is 17.9 Å². The molecule has 0 spiro atoms. The number of hydrogen-bond acceptors (Lipinski definition) is 5. The summed E-state index contributed by atoms with van der Waals surface area (Å²) < 4.78 is 29.0. The van der Waals surface area contributed by atoms with Crippen LogP contribution in [0.1, 0.15) is 31.0 Å². The molecule has 0 heterocycles. The van der Waals surface area contributed by atoms with E-state index in [1.165, 1.54) is 6.07 Å². The van der Waals surface area contributed by atoms with Gasteiger partial charge in [-0.1, -0.05) is 31.2 Å². The Labute approximate surface area is 160 Å². The van der Waals surface area contributed by atoms with Crippen LogP contribution >= 0.6 is 0 Å². The predicted molar refractivity (Wildman–Crippen MR) is 105 cm³/mol. The monoisotopic (exact) mass is 390 g/mol. The van der Waals surface area contributed by atoms with Crippen LogP contribution in [0.2, 0.25) is 0 Å². The van der Waals surface area contributed by atoms with Gasteiger partial charge in [-0.05, 0) is 42.3 Å². The zero-order valence-corrected chi connectivity index (χ0v) is 16.8. The highest BCUT2D eigenvalue weighted by Crippen LogP contribution is 2.26. The van der Waals surface area contributed by atoms with Crippen LogP contribution in [0.15, 0.2) is 53.4 Å². The fourth-order valence-electron chi connectivity index (χ4n) is 2.59. The molecular formula is C20H26N2O4S. The van der Waals surface area contributed by atoms with Crippen molar-refractivity contribution >= 4 is 15.7 Å². The van der Waals surface area contributed by atoms with Crippen molar-refractivity contribution in [2.45, 2.75) is 30.8 Å². The number of sulfone groups is 1. The minimum atomic E-state index is -3.36. The molecular weight excluding hydrogens is 364 g/mol. The zero-order chi connectivity index (χ0) is 20.2. The van der Waals surface area contributed by atoms with E-state index in [1.54, 1.807) is 51.3 Å². The van der Waals surface area contributed by atoms with Crippen LogP contribution in [0, 0.1) is 5.92 Å². The average Bonchev–Trinajstić information content (AvgIpc) is 2.64. The van der Waals surface area contributed by atoms with Crippen molar-refractivity contribution in [1.29, 1.82) is 0 Å². The first-order valence-corrected chi connectivity index (χ1v) is 10.5. The molecule has 1 amide bonds. The molecule has 0 aliphatic heterocycles. The molecule has 0 bridgehead atoms. The highest BCUT2D eigenvalue weighted by Gasteiger charge is 2.23. The Hall–Kier alpha value is -2.38. The number of carbonyl (C=O) groups is 1. The van der Waals surface area contributed by atoms with Crippen LogP contribution < -0.4 is 15.8 Å². The largest absolute Gasteiger partial charge is 0.497 e. The fourth-order valence-corrected chi connectivity index (χ4v) is 3.27. The van der Waals surface area contributed by atoms with E-state index < -0.39 is 15.9 Å². The number of amides is 1. The molecule has 2 aromatic rings. The van der Waals surface area contributed by atoms with Gasteiger partial charge in [-0.25, -0.2) is 8.42 Å². The summed E-state index contributed by atoms with van der Waals surface area (Å²) in [6.45, 7) is 3.54. The Morgan fingerprint density at radius 1 is 1.07 bits per heavy atom. The van der Waals surface area contributed by atoms with E-state index in [-0.39, 0.29) is 22.8 Å². The zero-order valence-electron chi connectivity index (χ0n) is 16.0. The number of nitrogens with one attached hydrogen (secondary N) is 1. The minimum absolute atomic E-state index is 0.199. The Kier molecular flexibility index (Phi) is 6.62. The number of hydrogen-bond donors (Lipinski definition) is 2. The number of nitrogens with two attached hydrogens (primary N) is 1. The van der Waals surface area contributed by atoms with Crippen LogP contribution in [0.3, 0.4) is 0 Å². The number of rotatable bonds is 7. The van der Waals surface area contributed by atoms with Crippen LogP contribution in [-0.2, 0) is 14.6 Å². The highest BCUT2D eigenvalue weighted by atomic mass is 32.2. The predicted octanol–water partition coefficient (Wildman–Crippen LogP) is 2.29. The first kappa shape index (κ1) is 20.9. The van der Waals surface area contributed by atoms with Gasteiger partial charge in [-0.2, -0.15) is 0 Å². The lowest BCUT2D eigenvalue weighted by Gasteiger charge is -2.24. The Morgan fingerprint density at radius 2 is 1.70 bits per heavy atom. The van der Waals surface area contributed by atoms with Gasteiger partial charge in [0.25, 0.3) is 0 Å². The van der Waals surface area contributed by atoms with Gasteiger partial charge in [0, 0.05) is 18.2 Å². The van der Waals surface area contributed by atoms with Gasteiger partial charge in [0.2, 0.25) is 5.91 Å². The lowest BCUT2D eigenvalue weighted by molar-refractivity contribution is -0.125. The molecule has 0 saturated carbocycles. The van der Waals surface area contributed by atoms with E-state index in [4.69, 9.17) is 10.5 Å². The molecule has 0 aliphatic carbocycles. The van der Waals surface area contributed by atoms with Gasteiger partial charge < -0.3 is 15.8 Å². The normalized spacial score (nSPS) is 14.9. The number of methoxy groups -OCH3 is 1. The second-order valence-electron chi connectivity index (χ2n) is 6.71. The summed E-state index contributed by atoms with van der Waals surface area (Å²) >= 11 is 0. The summed E-state index contributed by atoms with van der Waals surface area (Å²) in [7, 11) is -1.79. The molecule has 0 fully saturated rings. The van der Waals surface area contributed by atoms with Crippen LogP contribution in [0.25, 0.3) is 0 Å². The van der Waals surface area contributed by atoms with Crippen LogP contribution in [0.5, 0.6) is 5.75 Å². The first-order chi connectivity index (χ1) is 12.6. The summed E-state index contributed by atoms with van der Waals surface area (Å²) in [6.07, 6.45) is 1.16. The standard InChI is InChI=1S/C20H26N2O4S/c1-13(14(2)21)20(23)22-19(15-8-10-17(26-3)11-9-15)16-6-5-7-18(12-16)27(4,24)25/h5-14,19H,21H2,1-4H3,(H,22,23). The molecule has 0 radical (unpaired) electrons. The summed E-state index contributed by atoms with van der Waals surface area (Å²) in [4.78, 5) is 12.8. The van der Waals surface area contributed by atoms with E-state index in [0.717, 1.165) is 11.8 Å². The minimum Gasteiger partial charge on any atom is -0.497 e. The molecule has 7 heteroatoms. The van der Waals surface area contributed by atoms with Crippen LogP contribution in [0.4, 0.5) is 0 Å². The summed E-state index contributed by atoms with van der Waals surface area (Å²) in [5.41, 5.74) is 7.34. The topological polar surface area (TPSA) is 98.5 Å². The highest BCUT2D eigenvalue weighted by molar-refractivity contribution is 7.90. The third-order valence-electron chi connectivity index (χ3n) is 4.56. The van der Waals surface area contributed by atoms with Crippen molar-refractivity contribution in [3.8, 4) is 5.75 Å². The van der Waals surface area contributed by atoms with Crippen LogP contribution in [-0.4, -0.2) is 33.7 Å². The smallest absolute Gasteiger partial charge is 0.225 e. The van der Waals surface area contributed by atoms with Gasteiger partial charge in [-0.15, -0.1) is 0 Å². The van der Waals surface area contributed by atoms with Gasteiger partial charge in [0.15, 0.2) is 9.84 Å². The molecule has 0 saturated heterocycles. The Bertz CT molecular complexity index is 892. The maximum atomic E-state index is 12.6. The lowest BCUT2D eigenvalue weighted by atomic mass is 9.96. The summed E-state index contributed by atoms with van der Waals surface area (Å²) in [6, 6.07) is 13.0. The Balaban J connectivity index is 2.47. The second-order valence-corrected chi connectivity index (χ2v) is 8.72. The lowest BCUT2D eigenvalue weighted by Crippen LogP contribution is -2.40. The van der Waals surface area contributed by atoms with Crippen molar-refractivity contribution in [2.75, 3.05) is 13.4 Å². The van der Waals surface area contributed by atoms with Crippen molar-refractivity contribution in [1.82, 2.24) is 5.32 Å². The van der Waals surface area contributed by atoms with E-state index >= 15 is 0 Å². The van der Waals surface area contributed by atoms with Crippen molar-refractivity contribution in [2.24, 2.45) is 11.7 Å². The maximum absolute atomic E-state index is 12.6. The summed E-state index contributed by atoms with van der Waals surface area (Å²) in [5.74, 6) is 0.108. The fraction of sp³-hybridized carbons (Fsp3) is 0.350. The molecule has 2 rings (SSSR count). The summed E-state index contributed by atoms with van der Waals surface area (Å²) in [5, 5.41) is 2.99. The van der Waals surface area contributed by atoms with Crippen molar-refractivity contribution in [3.63, 3.8) is 0 Å². The van der Waals surface area contributed by atoms with Gasteiger partial charge in [0.1, 0.15) is 5.75 Å². The average molecular weight is 391 g/mol. The Morgan fingerprint density at radius 3 is 2.22 bits per heavy atom. The molecule has 0 aromatic heterocycles. The molecule has 3 unspecified atom stereocenters. The third-order valence-corrected chi connectivity index (χ3v) is 5.67. The first-order valence-electron chi connectivity index (χ1n) is 8.63. The maximum Gasteiger partial charge on any atom is 0.225 e. The molecule has 0 aliphatic rings. The van der Waals surface area contributed by atoms with E-state index in [9.17, 15) is 13.2 Å². The van der Waals surface area contributed by atoms with Gasteiger partial charge in [-0.3, -0.25) is 4.79 Å². The molecule has 146 valence electrons.